The number of ketones is 1. The molecule has 2 rings (SSSR count). The molecule has 0 aliphatic carbocycles. The largest absolute Gasteiger partial charge is 0.367 e. The maximum Gasteiger partial charge on any atom is 0.161 e. The maximum atomic E-state index is 12.1. The van der Waals surface area contributed by atoms with Gasteiger partial charge in [-0.3, -0.25) is 4.79 Å². The minimum atomic E-state index is -0.0852. The quantitative estimate of drug-likeness (QED) is 0.643. The van der Waals surface area contributed by atoms with E-state index in [4.69, 9.17) is 4.74 Å². The van der Waals surface area contributed by atoms with Crippen LogP contribution in [0.3, 0.4) is 0 Å². The van der Waals surface area contributed by atoms with Gasteiger partial charge in [-0.2, -0.15) is 0 Å². The van der Waals surface area contributed by atoms with Crippen LogP contribution in [0.2, 0.25) is 0 Å². The zero-order valence-corrected chi connectivity index (χ0v) is 11.8. The lowest BCUT2D eigenvalue weighted by Crippen LogP contribution is -2.25. The van der Waals surface area contributed by atoms with E-state index in [1.54, 1.807) is 0 Å². The summed E-state index contributed by atoms with van der Waals surface area (Å²) in [4.78, 5) is 12.1. The average molecular weight is 252 g/mol. The van der Waals surface area contributed by atoms with Crippen LogP contribution in [0.4, 0.5) is 0 Å². The Kier molecular flexibility index (Phi) is 5.68. The third-order valence-electron chi connectivity index (χ3n) is 4.51. The van der Waals surface area contributed by atoms with Gasteiger partial charge in [0.05, 0.1) is 6.10 Å². The zero-order chi connectivity index (χ0) is 12.8. The van der Waals surface area contributed by atoms with E-state index < -0.39 is 0 Å². The number of fused-ring (bicyclic) bond motifs is 2. The van der Waals surface area contributed by atoms with Crippen molar-refractivity contribution in [3.05, 3.63) is 0 Å². The molecule has 0 amide bonds. The van der Waals surface area contributed by atoms with Crippen LogP contribution in [-0.4, -0.2) is 18.0 Å². The molecule has 2 aliphatic heterocycles. The molecule has 2 heteroatoms. The van der Waals surface area contributed by atoms with E-state index in [0.717, 1.165) is 25.7 Å². The zero-order valence-electron chi connectivity index (χ0n) is 11.8. The number of ether oxygens (including phenoxy) is 1. The SMILES string of the molecule is CC1CC2CCCCCCCCCCC(=O)C1O2. The van der Waals surface area contributed by atoms with Gasteiger partial charge in [0.2, 0.25) is 0 Å². The number of carbonyl (C=O) groups excluding carboxylic acids is 1. The first kappa shape index (κ1) is 14.0. The van der Waals surface area contributed by atoms with Crippen LogP contribution < -0.4 is 0 Å². The Hall–Kier alpha value is -0.370. The highest BCUT2D eigenvalue weighted by molar-refractivity contribution is 5.83. The minimum absolute atomic E-state index is 0.0852. The second-order valence-electron chi connectivity index (χ2n) is 6.23. The predicted molar refractivity (Wildman–Crippen MR) is 73.6 cm³/mol. The van der Waals surface area contributed by atoms with Crippen LogP contribution in [0.5, 0.6) is 0 Å². The lowest BCUT2D eigenvalue weighted by atomic mass is 9.95. The van der Waals surface area contributed by atoms with Gasteiger partial charge >= 0.3 is 0 Å². The van der Waals surface area contributed by atoms with Gasteiger partial charge in [0, 0.05) is 6.42 Å². The molecule has 0 N–H and O–H groups in total. The van der Waals surface area contributed by atoms with Gasteiger partial charge in [-0.05, 0) is 25.2 Å². The molecular weight excluding hydrogens is 224 g/mol. The van der Waals surface area contributed by atoms with E-state index in [9.17, 15) is 4.79 Å². The number of carbonyl (C=O) groups is 1. The smallest absolute Gasteiger partial charge is 0.161 e. The molecule has 3 atom stereocenters. The van der Waals surface area contributed by atoms with Gasteiger partial charge in [-0.15, -0.1) is 0 Å². The van der Waals surface area contributed by atoms with Crippen molar-refractivity contribution >= 4 is 5.78 Å². The molecule has 2 bridgehead atoms. The second-order valence-corrected chi connectivity index (χ2v) is 6.23. The van der Waals surface area contributed by atoms with Gasteiger partial charge in [0.1, 0.15) is 6.10 Å². The summed E-state index contributed by atoms with van der Waals surface area (Å²) < 4.78 is 5.98. The number of Topliss-reactive ketones (excluding diaryl/α,β-unsaturated/α-hetero) is 1. The second kappa shape index (κ2) is 7.28. The number of hydrogen-bond donors (Lipinski definition) is 0. The monoisotopic (exact) mass is 252 g/mol. The van der Waals surface area contributed by atoms with E-state index in [-0.39, 0.29) is 6.10 Å². The predicted octanol–water partition coefficient (Wildman–Crippen LogP) is 4.26. The molecule has 0 aromatic heterocycles. The molecule has 2 saturated heterocycles. The van der Waals surface area contributed by atoms with Crippen molar-refractivity contribution < 1.29 is 9.53 Å². The van der Waals surface area contributed by atoms with Crippen molar-refractivity contribution in [2.45, 2.75) is 89.8 Å². The molecule has 0 aromatic rings. The molecule has 2 nitrogen and oxygen atoms in total. The summed E-state index contributed by atoms with van der Waals surface area (Å²) in [5.41, 5.74) is 0. The summed E-state index contributed by atoms with van der Waals surface area (Å²) in [6.45, 7) is 2.18. The molecule has 104 valence electrons. The third kappa shape index (κ3) is 4.08. The molecule has 2 aliphatic rings. The first-order valence-corrected chi connectivity index (χ1v) is 7.95. The summed E-state index contributed by atoms with van der Waals surface area (Å²) in [5.74, 6) is 0.801. The first-order chi connectivity index (χ1) is 8.77. The summed E-state index contributed by atoms with van der Waals surface area (Å²) in [5, 5.41) is 0. The Morgan fingerprint density at radius 3 is 2.28 bits per heavy atom. The molecule has 2 heterocycles. The number of rotatable bonds is 0. The van der Waals surface area contributed by atoms with Gasteiger partial charge in [-0.1, -0.05) is 51.9 Å². The summed E-state index contributed by atoms with van der Waals surface area (Å²) in [7, 11) is 0. The van der Waals surface area contributed by atoms with Crippen LogP contribution in [0, 0.1) is 5.92 Å². The molecule has 0 spiro atoms. The van der Waals surface area contributed by atoms with Crippen molar-refractivity contribution in [2.75, 3.05) is 0 Å². The fourth-order valence-electron chi connectivity index (χ4n) is 3.39. The van der Waals surface area contributed by atoms with Crippen molar-refractivity contribution in [2.24, 2.45) is 5.92 Å². The van der Waals surface area contributed by atoms with Crippen molar-refractivity contribution in [1.82, 2.24) is 0 Å². The van der Waals surface area contributed by atoms with Crippen molar-refractivity contribution in [3.8, 4) is 0 Å². The third-order valence-corrected chi connectivity index (χ3v) is 4.51. The summed E-state index contributed by atoms with van der Waals surface area (Å²) >= 11 is 0. The minimum Gasteiger partial charge on any atom is -0.367 e. The standard InChI is InChI=1S/C16H28O2/c1-13-12-14-10-8-6-4-2-3-5-7-9-11-15(17)16(13)18-14/h13-14,16H,2-12H2,1H3. The Morgan fingerprint density at radius 2 is 1.56 bits per heavy atom. The highest BCUT2D eigenvalue weighted by atomic mass is 16.5. The Balaban J connectivity index is 1.86. The lowest BCUT2D eigenvalue weighted by Gasteiger charge is -2.15. The fourth-order valence-corrected chi connectivity index (χ4v) is 3.39. The summed E-state index contributed by atoms with van der Waals surface area (Å²) in [6, 6.07) is 0. The fraction of sp³-hybridized carbons (Fsp3) is 0.938. The van der Waals surface area contributed by atoms with Gasteiger partial charge in [0.15, 0.2) is 5.78 Å². The van der Waals surface area contributed by atoms with Crippen LogP contribution in [0.15, 0.2) is 0 Å². The van der Waals surface area contributed by atoms with Crippen LogP contribution in [0.1, 0.15) is 77.6 Å². The maximum absolute atomic E-state index is 12.1. The molecule has 0 radical (unpaired) electrons. The molecule has 0 aromatic carbocycles. The van der Waals surface area contributed by atoms with Crippen molar-refractivity contribution in [1.29, 1.82) is 0 Å². The Bertz CT molecular complexity index is 262. The first-order valence-electron chi connectivity index (χ1n) is 7.95. The normalized spacial score (nSPS) is 36.3. The van der Waals surface area contributed by atoms with E-state index in [0.29, 0.717) is 17.8 Å². The topological polar surface area (TPSA) is 26.3 Å². The lowest BCUT2D eigenvalue weighted by molar-refractivity contribution is -0.131. The molecule has 2 fully saturated rings. The number of hydrogen-bond acceptors (Lipinski definition) is 2. The molecular formula is C16H28O2. The van der Waals surface area contributed by atoms with Gasteiger partial charge in [-0.25, -0.2) is 0 Å². The molecule has 3 unspecified atom stereocenters. The van der Waals surface area contributed by atoms with Crippen molar-refractivity contribution in [3.63, 3.8) is 0 Å². The van der Waals surface area contributed by atoms with E-state index in [2.05, 4.69) is 6.92 Å². The van der Waals surface area contributed by atoms with E-state index >= 15 is 0 Å². The van der Waals surface area contributed by atoms with Gasteiger partial charge in [0.25, 0.3) is 0 Å². The molecule has 0 saturated carbocycles. The van der Waals surface area contributed by atoms with Crippen LogP contribution in [-0.2, 0) is 9.53 Å². The van der Waals surface area contributed by atoms with Gasteiger partial charge < -0.3 is 4.74 Å². The van der Waals surface area contributed by atoms with E-state index in [1.807, 2.05) is 0 Å². The highest BCUT2D eigenvalue weighted by Gasteiger charge is 2.35. The van der Waals surface area contributed by atoms with Crippen LogP contribution >= 0.6 is 0 Å². The average Bonchev–Trinajstić information content (AvgIpc) is 2.72. The Morgan fingerprint density at radius 1 is 0.944 bits per heavy atom. The molecule has 18 heavy (non-hydrogen) atoms. The summed E-state index contributed by atoms with van der Waals surface area (Å²) in [6.07, 6.45) is 13.6. The highest BCUT2D eigenvalue weighted by Crippen LogP contribution is 2.31. The van der Waals surface area contributed by atoms with E-state index in [1.165, 1.54) is 44.9 Å². The Labute approximate surface area is 111 Å². The van der Waals surface area contributed by atoms with Crippen LogP contribution in [0.25, 0.3) is 0 Å².